The van der Waals surface area contributed by atoms with Crippen LogP contribution in [0.4, 0.5) is 5.69 Å². The molecule has 1 heterocycles. The molecule has 0 aliphatic carbocycles. The summed E-state index contributed by atoms with van der Waals surface area (Å²) in [6.07, 6.45) is 0.884. The molecule has 0 spiro atoms. The minimum Gasteiger partial charge on any atom is -0.399 e. The zero-order valence-electron chi connectivity index (χ0n) is 10.5. The van der Waals surface area contributed by atoms with Gasteiger partial charge < -0.3 is 10.5 Å². The van der Waals surface area contributed by atoms with Crippen LogP contribution in [-0.2, 0) is 21.0 Å². The molecular weight excluding hydrogens is 250 g/mol. The van der Waals surface area contributed by atoms with Crippen molar-refractivity contribution in [3.05, 3.63) is 29.8 Å². The number of benzene rings is 1. The summed E-state index contributed by atoms with van der Waals surface area (Å²) in [6.45, 7) is 2.37. The Kier molecular flexibility index (Phi) is 3.92. The highest BCUT2D eigenvalue weighted by molar-refractivity contribution is 7.92. The van der Waals surface area contributed by atoms with Crippen LogP contribution in [-0.4, -0.2) is 32.1 Å². The second-order valence-corrected chi connectivity index (χ2v) is 7.06. The first kappa shape index (κ1) is 13.4. The number of hydrogen-bond acceptors (Lipinski definition) is 4. The van der Waals surface area contributed by atoms with Crippen LogP contribution < -0.4 is 5.73 Å². The van der Waals surface area contributed by atoms with Gasteiger partial charge in [0.05, 0.1) is 17.1 Å². The molecule has 4 nitrogen and oxygen atoms in total. The Balaban J connectivity index is 2.04. The average Bonchev–Trinajstić information content (AvgIpc) is 2.75. The van der Waals surface area contributed by atoms with E-state index >= 15 is 0 Å². The second-order valence-electron chi connectivity index (χ2n) is 4.72. The van der Waals surface area contributed by atoms with Crippen LogP contribution in [0.3, 0.4) is 0 Å². The van der Waals surface area contributed by atoms with Crippen LogP contribution in [0, 0.1) is 0 Å². The summed E-state index contributed by atoms with van der Waals surface area (Å²) in [5.41, 5.74) is 7.36. The zero-order chi connectivity index (χ0) is 13.2. The number of anilines is 1. The summed E-state index contributed by atoms with van der Waals surface area (Å²) < 4.78 is 29.7. The molecule has 0 saturated carbocycles. The van der Waals surface area contributed by atoms with E-state index in [-0.39, 0.29) is 17.1 Å². The third kappa shape index (κ3) is 2.84. The van der Waals surface area contributed by atoms with Gasteiger partial charge >= 0.3 is 0 Å². The molecule has 0 aromatic heterocycles. The Labute approximate surface area is 108 Å². The van der Waals surface area contributed by atoms with E-state index in [1.54, 1.807) is 6.07 Å². The average molecular weight is 269 g/mol. The predicted octanol–water partition coefficient (Wildman–Crippen LogP) is 1.40. The van der Waals surface area contributed by atoms with Crippen LogP contribution in [0.2, 0.25) is 0 Å². The van der Waals surface area contributed by atoms with E-state index in [1.807, 2.05) is 25.1 Å². The van der Waals surface area contributed by atoms with Gasteiger partial charge in [-0.25, -0.2) is 8.42 Å². The first-order valence-corrected chi connectivity index (χ1v) is 7.89. The van der Waals surface area contributed by atoms with Gasteiger partial charge in [-0.1, -0.05) is 18.2 Å². The van der Waals surface area contributed by atoms with Gasteiger partial charge in [-0.3, -0.25) is 0 Å². The van der Waals surface area contributed by atoms with E-state index in [4.69, 9.17) is 10.5 Å². The Morgan fingerprint density at radius 2 is 2.11 bits per heavy atom. The Morgan fingerprint density at radius 1 is 1.39 bits per heavy atom. The lowest BCUT2D eigenvalue weighted by Gasteiger charge is -2.15. The number of ether oxygens (including phenoxy) is 1. The first-order chi connectivity index (χ1) is 8.50. The molecule has 1 saturated heterocycles. The van der Waals surface area contributed by atoms with Crippen LogP contribution >= 0.6 is 0 Å². The summed E-state index contributed by atoms with van der Waals surface area (Å²) in [6, 6.07) is 7.39. The van der Waals surface area contributed by atoms with Crippen molar-refractivity contribution in [2.45, 2.75) is 31.1 Å². The zero-order valence-corrected chi connectivity index (χ0v) is 11.3. The van der Waals surface area contributed by atoms with Gasteiger partial charge in [0.2, 0.25) is 0 Å². The van der Waals surface area contributed by atoms with Crippen molar-refractivity contribution < 1.29 is 13.2 Å². The topological polar surface area (TPSA) is 69.4 Å². The lowest BCUT2D eigenvalue weighted by atomic mass is 10.1. The summed E-state index contributed by atoms with van der Waals surface area (Å²) in [5.74, 6) is 0.138. The van der Waals surface area contributed by atoms with Gasteiger partial charge in [0, 0.05) is 12.3 Å². The highest BCUT2D eigenvalue weighted by Crippen LogP contribution is 2.22. The lowest BCUT2D eigenvalue weighted by molar-refractivity contribution is 0.126. The number of nitrogen functional groups attached to an aromatic ring is 1. The Hall–Kier alpha value is -1.07. The van der Waals surface area contributed by atoms with E-state index in [0.717, 1.165) is 5.56 Å². The molecule has 100 valence electrons. The van der Waals surface area contributed by atoms with Crippen molar-refractivity contribution in [2.24, 2.45) is 0 Å². The maximum absolute atomic E-state index is 12.2. The number of rotatable bonds is 4. The quantitative estimate of drug-likeness (QED) is 0.839. The monoisotopic (exact) mass is 269 g/mol. The Bertz CT molecular complexity index is 513. The van der Waals surface area contributed by atoms with Crippen LogP contribution in [0.1, 0.15) is 18.9 Å². The number of aryl methyl sites for hydroxylation is 1. The molecule has 2 unspecified atom stereocenters. The van der Waals surface area contributed by atoms with Gasteiger partial charge in [0.1, 0.15) is 0 Å². The van der Waals surface area contributed by atoms with E-state index < -0.39 is 9.84 Å². The normalized spacial score (nSPS) is 24.3. The first-order valence-electron chi connectivity index (χ1n) is 6.17. The van der Waals surface area contributed by atoms with Gasteiger partial charge in [0.25, 0.3) is 0 Å². The molecule has 1 aliphatic heterocycles. The van der Waals surface area contributed by atoms with Gasteiger partial charge in [-0.2, -0.15) is 0 Å². The third-order valence-corrected chi connectivity index (χ3v) is 5.79. The van der Waals surface area contributed by atoms with Crippen molar-refractivity contribution in [2.75, 3.05) is 18.1 Å². The van der Waals surface area contributed by atoms with Crippen molar-refractivity contribution in [3.8, 4) is 0 Å². The number of hydrogen-bond donors (Lipinski definition) is 1. The summed E-state index contributed by atoms with van der Waals surface area (Å²) in [7, 11) is -3.10. The minimum absolute atomic E-state index is 0.138. The molecule has 0 bridgehead atoms. The maximum atomic E-state index is 12.2. The Morgan fingerprint density at radius 3 is 2.72 bits per heavy atom. The molecule has 0 amide bonds. The molecule has 2 N–H and O–H groups in total. The smallest absolute Gasteiger partial charge is 0.156 e. The van der Waals surface area contributed by atoms with E-state index in [2.05, 4.69) is 0 Å². The largest absolute Gasteiger partial charge is 0.399 e. The van der Waals surface area contributed by atoms with Crippen molar-refractivity contribution in [3.63, 3.8) is 0 Å². The van der Waals surface area contributed by atoms with Crippen molar-refractivity contribution in [1.82, 2.24) is 0 Å². The van der Waals surface area contributed by atoms with E-state index in [9.17, 15) is 8.42 Å². The fraction of sp³-hybridized carbons (Fsp3) is 0.538. The van der Waals surface area contributed by atoms with Gasteiger partial charge in [-0.15, -0.1) is 0 Å². The molecule has 1 aromatic carbocycles. The molecule has 18 heavy (non-hydrogen) atoms. The molecule has 2 rings (SSSR count). The number of para-hydroxylation sites is 1. The summed E-state index contributed by atoms with van der Waals surface area (Å²) >= 11 is 0. The molecule has 1 aliphatic rings. The van der Waals surface area contributed by atoms with E-state index in [0.29, 0.717) is 25.1 Å². The van der Waals surface area contributed by atoms with Gasteiger partial charge in [0.15, 0.2) is 9.84 Å². The van der Waals surface area contributed by atoms with Gasteiger partial charge in [-0.05, 0) is 31.4 Å². The summed E-state index contributed by atoms with van der Waals surface area (Å²) in [4.78, 5) is 0. The SMILES string of the molecule is CC1OCCC1S(=O)(=O)CCc1ccccc1N. The lowest BCUT2D eigenvalue weighted by Crippen LogP contribution is -2.30. The summed E-state index contributed by atoms with van der Waals surface area (Å²) in [5, 5.41) is -0.359. The molecular formula is C13H19NO3S. The third-order valence-electron chi connectivity index (χ3n) is 3.48. The number of nitrogens with two attached hydrogens (primary N) is 1. The van der Waals surface area contributed by atoms with Crippen LogP contribution in [0.25, 0.3) is 0 Å². The second kappa shape index (κ2) is 5.28. The fourth-order valence-electron chi connectivity index (χ4n) is 2.35. The molecule has 2 atom stereocenters. The maximum Gasteiger partial charge on any atom is 0.156 e. The highest BCUT2D eigenvalue weighted by Gasteiger charge is 2.35. The standard InChI is InChI=1S/C13H19NO3S/c1-10-13(6-8-17-10)18(15,16)9-7-11-4-2-3-5-12(11)14/h2-5,10,13H,6-9,14H2,1H3. The predicted molar refractivity (Wildman–Crippen MR) is 72.2 cm³/mol. The van der Waals surface area contributed by atoms with Crippen molar-refractivity contribution >= 4 is 15.5 Å². The number of sulfone groups is 1. The fourth-order valence-corrected chi connectivity index (χ4v) is 4.27. The minimum atomic E-state index is -3.10. The molecule has 1 fully saturated rings. The van der Waals surface area contributed by atoms with Crippen molar-refractivity contribution in [1.29, 1.82) is 0 Å². The van der Waals surface area contributed by atoms with Crippen LogP contribution in [0.5, 0.6) is 0 Å². The molecule has 0 radical (unpaired) electrons. The van der Waals surface area contributed by atoms with Crippen LogP contribution in [0.15, 0.2) is 24.3 Å². The highest BCUT2D eigenvalue weighted by atomic mass is 32.2. The molecule has 1 aromatic rings. The molecule has 5 heteroatoms. The van der Waals surface area contributed by atoms with E-state index in [1.165, 1.54) is 0 Å².